The molecule has 0 N–H and O–H groups in total. The van der Waals surface area contributed by atoms with Crippen LogP contribution in [-0.4, -0.2) is 41.7 Å². The van der Waals surface area contributed by atoms with Crippen LogP contribution in [0.5, 0.6) is 0 Å². The van der Waals surface area contributed by atoms with Gasteiger partial charge >= 0.3 is 6.03 Å². The van der Waals surface area contributed by atoms with E-state index >= 15 is 0 Å². The fraction of sp³-hybridized carbons (Fsp3) is 0.250. The van der Waals surface area contributed by atoms with Gasteiger partial charge in [0, 0.05) is 14.1 Å². The number of urea groups is 1. The van der Waals surface area contributed by atoms with Gasteiger partial charge in [0.25, 0.3) is 11.8 Å². The second kappa shape index (κ2) is 3.41. The monoisotopic (exact) mass is 232 g/mol. The molecule has 1 spiro atoms. The lowest BCUT2D eigenvalue weighted by Gasteiger charge is -2.41. The maximum absolute atomic E-state index is 12.2. The Labute approximate surface area is 98.7 Å². The number of allylic oxidation sites excluding steroid dienone is 3. The summed E-state index contributed by atoms with van der Waals surface area (Å²) in [7, 11) is 2.71. The molecule has 5 heteroatoms. The van der Waals surface area contributed by atoms with E-state index in [-0.39, 0.29) is 0 Å². The molecule has 88 valence electrons. The molecular formula is C12H12N2O3. The van der Waals surface area contributed by atoms with Crippen molar-refractivity contribution in [3.05, 3.63) is 36.5 Å². The van der Waals surface area contributed by atoms with Crippen LogP contribution in [0.4, 0.5) is 4.79 Å². The summed E-state index contributed by atoms with van der Waals surface area (Å²) in [5, 5.41) is 0. The summed E-state index contributed by atoms with van der Waals surface area (Å²) in [6.45, 7) is 3.74. The molecule has 4 amide bonds. The molecule has 0 radical (unpaired) electrons. The molecule has 0 aromatic heterocycles. The molecule has 1 fully saturated rings. The number of hydrogen-bond donors (Lipinski definition) is 0. The van der Waals surface area contributed by atoms with Gasteiger partial charge < -0.3 is 0 Å². The molecule has 1 aliphatic heterocycles. The van der Waals surface area contributed by atoms with Gasteiger partial charge in [0.15, 0.2) is 5.41 Å². The first-order valence-electron chi connectivity index (χ1n) is 5.08. The van der Waals surface area contributed by atoms with Gasteiger partial charge in [-0.15, -0.1) is 0 Å². The van der Waals surface area contributed by atoms with Gasteiger partial charge in [-0.3, -0.25) is 19.4 Å². The van der Waals surface area contributed by atoms with Crippen LogP contribution >= 0.6 is 0 Å². The molecule has 2 aliphatic rings. The second-order valence-corrected chi connectivity index (χ2v) is 4.06. The van der Waals surface area contributed by atoms with Crippen molar-refractivity contribution in [1.29, 1.82) is 0 Å². The predicted octanol–water partition coefficient (Wildman–Crippen LogP) is 0.705. The number of rotatable bonds is 0. The maximum Gasteiger partial charge on any atom is 0.332 e. The number of imide groups is 2. The summed E-state index contributed by atoms with van der Waals surface area (Å²) >= 11 is 0. The summed E-state index contributed by atoms with van der Waals surface area (Å²) in [5.74, 6) is -1.12. The topological polar surface area (TPSA) is 57.7 Å². The Morgan fingerprint density at radius 3 is 2.06 bits per heavy atom. The van der Waals surface area contributed by atoms with Crippen LogP contribution in [0.3, 0.4) is 0 Å². The Kier molecular flexibility index (Phi) is 2.27. The van der Waals surface area contributed by atoms with Crippen LogP contribution in [-0.2, 0) is 9.59 Å². The van der Waals surface area contributed by atoms with E-state index in [2.05, 4.69) is 6.58 Å². The first kappa shape index (κ1) is 11.3. The van der Waals surface area contributed by atoms with Crippen molar-refractivity contribution in [2.45, 2.75) is 0 Å². The summed E-state index contributed by atoms with van der Waals surface area (Å²) < 4.78 is 0. The van der Waals surface area contributed by atoms with Gasteiger partial charge in [-0.05, 0) is 5.57 Å². The molecule has 5 nitrogen and oxygen atoms in total. The van der Waals surface area contributed by atoms with Crippen LogP contribution in [0, 0.1) is 5.41 Å². The summed E-state index contributed by atoms with van der Waals surface area (Å²) in [5.41, 5.74) is -1.08. The summed E-state index contributed by atoms with van der Waals surface area (Å²) in [4.78, 5) is 37.9. The number of carbonyl (C=O) groups excluding carboxylic acids is 3. The highest BCUT2D eigenvalue weighted by Crippen LogP contribution is 2.38. The number of nitrogens with zero attached hydrogens (tertiary/aromatic N) is 2. The van der Waals surface area contributed by atoms with E-state index in [0.29, 0.717) is 5.57 Å². The maximum atomic E-state index is 12.2. The summed E-state index contributed by atoms with van der Waals surface area (Å²) in [6.07, 6.45) is 6.40. The van der Waals surface area contributed by atoms with Gasteiger partial charge in [-0.25, -0.2) is 4.79 Å². The van der Waals surface area contributed by atoms with E-state index < -0.39 is 23.3 Å². The molecule has 2 rings (SSSR count). The molecular weight excluding hydrogens is 220 g/mol. The lowest BCUT2D eigenvalue weighted by Crippen LogP contribution is -2.62. The van der Waals surface area contributed by atoms with Crippen molar-refractivity contribution >= 4 is 17.8 Å². The molecule has 0 unspecified atom stereocenters. The fourth-order valence-corrected chi connectivity index (χ4v) is 2.05. The molecule has 0 bridgehead atoms. The Bertz CT molecular complexity index is 478. The third kappa shape index (κ3) is 1.22. The van der Waals surface area contributed by atoms with Crippen LogP contribution in [0.2, 0.25) is 0 Å². The first-order chi connectivity index (χ1) is 7.93. The second-order valence-electron chi connectivity index (χ2n) is 4.06. The van der Waals surface area contributed by atoms with Gasteiger partial charge in [0.2, 0.25) is 0 Å². The molecule has 0 aromatic carbocycles. The standard InChI is InChI=1S/C12H12N2O3/c1-8-6-4-5-7-12(8)9(15)13(2)11(17)14(3)10(12)16/h4-7H,1H2,2-3H3. The van der Waals surface area contributed by atoms with E-state index in [1.807, 2.05) is 0 Å². The Balaban J connectivity index is 2.60. The predicted molar refractivity (Wildman–Crippen MR) is 60.8 cm³/mol. The van der Waals surface area contributed by atoms with E-state index in [0.717, 1.165) is 9.80 Å². The van der Waals surface area contributed by atoms with Crippen molar-refractivity contribution in [3.63, 3.8) is 0 Å². The van der Waals surface area contributed by atoms with E-state index in [1.165, 1.54) is 20.2 Å². The zero-order valence-electron chi connectivity index (χ0n) is 9.64. The van der Waals surface area contributed by atoms with Gasteiger partial charge in [0.05, 0.1) is 0 Å². The van der Waals surface area contributed by atoms with Crippen LogP contribution in [0.15, 0.2) is 36.5 Å². The van der Waals surface area contributed by atoms with Crippen molar-refractivity contribution in [2.24, 2.45) is 5.41 Å². The highest BCUT2D eigenvalue weighted by atomic mass is 16.2. The Morgan fingerprint density at radius 1 is 1.06 bits per heavy atom. The molecule has 1 saturated heterocycles. The zero-order valence-corrected chi connectivity index (χ0v) is 9.64. The highest BCUT2D eigenvalue weighted by molar-refractivity contribution is 6.22. The smallest absolute Gasteiger partial charge is 0.272 e. The third-order valence-corrected chi connectivity index (χ3v) is 3.12. The van der Waals surface area contributed by atoms with E-state index in [4.69, 9.17) is 0 Å². The fourth-order valence-electron chi connectivity index (χ4n) is 2.05. The van der Waals surface area contributed by atoms with Gasteiger partial charge in [-0.2, -0.15) is 0 Å². The van der Waals surface area contributed by atoms with Crippen LogP contribution in [0.25, 0.3) is 0 Å². The summed E-state index contributed by atoms with van der Waals surface area (Å²) in [6, 6.07) is -0.624. The lowest BCUT2D eigenvalue weighted by atomic mass is 9.74. The average molecular weight is 232 g/mol. The lowest BCUT2D eigenvalue weighted by molar-refractivity contribution is -0.150. The van der Waals surface area contributed by atoms with Crippen molar-refractivity contribution in [3.8, 4) is 0 Å². The quantitative estimate of drug-likeness (QED) is 0.578. The van der Waals surface area contributed by atoms with Crippen molar-refractivity contribution < 1.29 is 14.4 Å². The van der Waals surface area contributed by atoms with Crippen molar-refractivity contribution in [2.75, 3.05) is 14.1 Å². The zero-order chi connectivity index (χ0) is 12.8. The SMILES string of the molecule is C=C1C=CC=CC12C(=O)N(C)C(=O)N(C)C2=O. The molecule has 17 heavy (non-hydrogen) atoms. The van der Waals surface area contributed by atoms with E-state index in [1.54, 1.807) is 18.2 Å². The number of carbonyl (C=O) groups is 3. The first-order valence-corrected chi connectivity index (χ1v) is 5.08. The largest absolute Gasteiger partial charge is 0.332 e. The third-order valence-electron chi connectivity index (χ3n) is 3.12. The minimum Gasteiger partial charge on any atom is -0.272 e. The number of barbiturate groups is 1. The number of hydrogen-bond acceptors (Lipinski definition) is 3. The minimum atomic E-state index is -1.45. The Morgan fingerprint density at radius 2 is 1.59 bits per heavy atom. The molecule has 0 aromatic rings. The molecule has 1 aliphatic carbocycles. The minimum absolute atomic E-state index is 0.376. The number of amides is 4. The van der Waals surface area contributed by atoms with Gasteiger partial charge in [0.1, 0.15) is 0 Å². The van der Waals surface area contributed by atoms with Crippen molar-refractivity contribution in [1.82, 2.24) is 9.80 Å². The Hall–Kier alpha value is -2.17. The normalized spacial score (nSPS) is 22.9. The van der Waals surface area contributed by atoms with Crippen LogP contribution in [0.1, 0.15) is 0 Å². The average Bonchev–Trinajstić information content (AvgIpc) is 2.34. The van der Waals surface area contributed by atoms with E-state index in [9.17, 15) is 14.4 Å². The van der Waals surface area contributed by atoms with Gasteiger partial charge in [-0.1, -0.05) is 30.9 Å². The molecule has 1 heterocycles. The highest BCUT2D eigenvalue weighted by Gasteiger charge is 2.55. The molecule has 0 saturated carbocycles. The molecule has 0 atom stereocenters. The van der Waals surface area contributed by atoms with Crippen LogP contribution < -0.4 is 0 Å².